The van der Waals surface area contributed by atoms with E-state index in [1.165, 1.54) is 49.7 Å². The molecule has 2 aromatic carbocycles. The molecule has 3 N–H and O–H groups in total. The monoisotopic (exact) mass is 822 g/mol. The predicted octanol–water partition coefficient (Wildman–Crippen LogP) is 10.3. The first kappa shape index (κ1) is 50.1. The Bertz CT molecular complexity index is 1360. The molecule has 3 rings (SSSR count). The molecule has 1 unspecified atom stereocenters. The van der Waals surface area contributed by atoms with Crippen LogP contribution in [0.15, 0.2) is 60.7 Å². The molecule has 0 aromatic heterocycles. The number of ether oxygens (including phenoxy) is 3. The van der Waals surface area contributed by atoms with Gasteiger partial charge in [-0.15, -0.1) is 0 Å². The number of carbonyl (C=O) groups is 3. The maximum Gasteiger partial charge on any atom is 0.306 e. The fraction of sp³-hybridized carbons (Fsp3) is 0.700. The summed E-state index contributed by atoms with van der Waals surface area (Å²) in [5, 5.41) is 23.8. The van der Waals surface area contributed by atoms with E-state index in [1.807, 2.05) is 12.1 Å². The Morgan fingerprint density at radius 3 is 1.61 bits per heavy atom. The minimum Gasteiger partial charge on any atom is -0.457 e. The van der Waals surface area contributed by atoms with Crippen molar-refractivity contribution in [3.8, 4) is 0 Å². The molecule has 1 amide bonds. The van der Waals surface area contributed by atoms with Gasteiger partial charge in [-0.2, -0.15) is 0 Å². The van der Waals surface area contributed by atoms with E-state index < -0.39 is 48.9 Å². The summed E-state index contributed by atoms with van der Waals surface area (Å²) in [6.07, 6.45) is 22.3. The highest BCUT2D eigenvalue weighted by Crippen LogP contribution is 2.22. The van der Waals surface area contributed by atoms with Crippen LogP contribution in [0.4, 0.5) is 0 Å². The molecule has 1 aliphatic heterocycles. The van der Waals surface area contributed by atoms with Crippen LogP contribution in [0.25, 0.3) is 0 Å². The van der Waals surface area contributed by atoms with Crippen molar-refractivity contribution in [2.24, 2.45) is 0 Å². The van der Waals surface area contributed by atoms with Crippen molar-refractivity contribution in [3.05, 3.63) is 71.8 Å². The van der Waals surface area contributed by atoms with Crippen LogP contribution in [0.3, 0.4) is 0 Å². The molecule has 0 saturated carbocycles. The zero-order valence-corrected chi connectivity index (χ0v) is 36.5. The number of aryl methyl sites for hydroxylation is 2. The highest BCUT2D eigenvalue weighted by Gasteiger charge is 2.43. The Kier molecular flexibility index (Phi) is 27.6. The summed E-state index contributed by atoms with van der Waals surface area (Å²) >= 11 is 0. The SMILES string of the molecule is CCCCCCCCCCCCC(OC(=O)CCCCCCCCc1ccccc1)C(=O)N[C@H]1CO[C@H](CO)[C@@H](O)[C@@H]1OC(=O)CCCCCCCCc1ccccc1. The van der Waals surface area contributed by atoms with Gasteiger partial charge in [0.2, 0.25) is 0 Å². The average molecular weight is 822 g/mol. The molecule has 0 bridgehead atoms. The lowest BCUT2D eigenvalue weighted by Gasteiger charge is -2.39. The quantitative estimate of drug-likeness (QED) is 0.0470. The number of rotatable bonds is 34. The van der Waals surface area contributed by atoms with Crippen molar-refractivity contribution in [2.45, 2.75) is 211 Å². The summed E-state index contributed by atoms with van der Waals surface area (Å²) in [7, 11) is 0. The third-order valence-corrected chi connectivity index (χ3v) is 11.6. The molecule has 59 heavy (non-hydrogen) atoms. The van der Waals surface area contributed by atoms with Gasteiger partial charge in [-0.25, -0.2) is 0 Å². The van der Waals surface area contributed by atoms with E-state index in [0.717, 1.165) is 103 Å². The molecule has 1 aliphatic rings. The number of aliphatic hydroxyl groups excluding tert-OH is 2. The number of hydrogen-bond acceptors (Lipinski definition) is 8. The van der Waals surface area contributed by atoms with Crippen LogP contribution in [0, 0.1) is 0 Å². The molecule has 9 nitrogen and oxygen atoms in total. The number of esters is 2. The van der Waals surface area contributed by atoms with Crippen molar-refractivity contribution in [1.82, 2.24) is 5.32 Å². The summed E-state index contributed by atoms with van der Waals surface area (Å²) < 4.78 is 17.3. The highest BCUT2D eigenvalue weighted by atomic mass is 16.6. The smallest absolute Gasteiger partial charge is 0.306 e. The minimum absolute atomic E-state index is 0.0563. The van der Waals surface area contributed by atoms with Gasteiger partial charge in [-0.05, 0) is 62.5 Å². The fourth-order valence-corrected chi connectivity index (χ4v) is 7.97. The fourth-order valence-electron chi connectivity index (χ4n) is 7.97. The van der Waals surface area contributed by atoms with Gasteiger partial charge < -0.3 is 29.7 Å². The maximum atomic E-state index is 13.8. The topological polar surface area (TPSA) is 131 Å². The van der Waals surface area contributed by atoms with Crippen LogP contribution in [0.5, 0.6) is 0 Å². The molecule has 1 saturated heterocycles. The van der Waals surface area contributed by atoms with E-state index in [9.17, 15) is 24.6 Å². The van der Waals surface area contributed by atoms with Crippen molar-refractivity contribution >= 4 is 17.8 Å². The second-order valence-electron chi connectivity index (χ2n) is 16.8. The van der Waals surface area contributed by atoms with Gasteiger partial charge in [0.1, 0.15) is 12.2 Å². The number of aliphatic hydroxyl groups is 2. The van der Waals surface area contributed by atoms with Gasteiger partial charge in [0.25, 0.3) is 5.91 Å². The zero-order valence-electron chi connectivity index (χ0n) is 36.5. The van der Waals surface area contributed by atoms with Gasteiger partial charge in [0.05, 0.1) is 19.3 Å². The van der Waals surface area contributed by atoms with E-state index in [-0.39, 0.29) is 25.4 Å². The van der Waals surface area contributed by atoms with Crippen molar-refractivity contribution in [3.63, 3.8) is 0 Å². The molecule has 0 spiro atoms. The third-order valence-electron chi connectivity index (χ3n) is 11.6. The first-order valence-corrected chi connectivity index (χ1v) is 23.6. The van der Waals surface area contributed by atoms with Gasteiger partial charge in [-0.3, -0.25) is 14.4 Å². The normalized spacial score (nSPS) is 18.3. The number of hydrogen-bond donors (Lipinski definition) is 3. The maximum absolute atomic E-state index is 13.8. The molecule has 2 aromatic rings. The standard InChI is InChI=1S/C50H79NO8/c1-2-3-4-5-6-7-8-9-16-27-36-44(58-46(53)37-28-17-12-10-14-21-30-41-32-23-19-24-33-41)50(56)51-43-40-57-45(39-52)48(55)49(43)59-47(54)38-29-18-13-11-15-22-31-42-34-25-20-26-35-42/h19-20,23-26,32-35,43-45,48-49,52,55H,2-18,21-22,27-31,36-40H2,1H3,(H,51,56)/t43-,44?,45+,48+,49+/m0/s1. The second kappa shape index (κ2) is 32.5. The van der Waals surface area contributed by atoms with E-state index in [0.29, 0.717) is 19.3 Å². The van der Waals surface area contributed by atoms with E-state index in [1.54, 1.807) is 0 Å². The van der Waals surface area contributed by atoms with Gasteiger partial charge in [-0.1, -0.05) is 177 Å². The summed E-state index contributed by atoms with van der Waals surface area (Å²) in [5.74, 6) is -1.33. The van der Waals surface area contributed by atoms with Crippen LogP contribution in [-0.2, 0) is 41.4 Å². The zero-order chi connectivity index (χ0) is 42.2. The first-order valence-electron chi connectivity index (χ1n) is 23.6. The number of unbranched alkanes of at least 4 members (excludes halogenated alkanes) is 19. The predicted molar refractivity (Wildman–Crippen MR) is 236 cm³/mol. The molecule has 1 fully saturated rings. The lowest BCUT2D eigenvalue weighted by molar-refractivity contribution is -0.191. The van der Waals surface area contributed by atoms with E-state index in [2.05, 4.69) is 60.8 Å². The van der Waals surface area contributed by atoms with E-state index >= 15 is 0 Å². The minimum atomic E-state index is -1.33. The Balaban J connectivity index is 1.44. The Hall–Kier alpha value is -3.27. The van der Waals surface area contributed by atoms with Crippen LogP contribution >= 0.6 is 0 Å². The van der Waals surface area contributed by atoms with Crippen LogP contribution in [0.1, 0.15) is 179 Å². The van der Waals surface area contributed by atoms with Gasteiger partial charge in [0.15, 0.2) is 12.2 Å². The van der Waals surface area contributed by atoms with E-state index in [4.69, 9.17) is 14.2 Å². The molecule has 1 heterocycles. The molecule has 332 valence electrons. The Morgan fingerprint density at radius 1 is 0.644 bits per heavy atom. The number of carbonyl (C=O) groups excluding carboxylic acids is 3. The molecule has 0 radical (unpaired) electrons. The molecule has 5 atom stereocenters. The largest absolute Gasteiger partial charge is 0.457 e. The Morgan fingerprint density at radius 2 is 1.10 bits per heavy atom. The highest BCUT2D eigenvalue weighted by molar-refractivity contribution is 5.84. The number of amides is 1. The molecular formula is C50H79NO8. The molecule has 9 heteroatoms. The second-order valence-corrected chi connectivity index (χ2v) is 16.8. The summed E-state index contributed by atoms with van der Waals surface area (Å²) in [6.45, 7) is 1.72. The first-order chi connectivity index (χ1) is 28.9. The number of benzene rings is 2. The summed E-state index contributed by atoms with van der Waals surface area (Å²) in [4.78, 5) is 39.9. The Labute approximate surface area is 356 Å². The van der Waals surface area contributed by atoms with Crippen LogP contribution in [0.2, 0.25) is 0 Å². The van der Waals surface area contributed by atoms with Crippen molar-refractivity contribution in [2.75, 3.05) is 13.2 Å². The lowest BCUT2D eigenvalue weighted by Crippen LogP contribution is -2.62. The number of nitrogens with one attached hydrogen (secondary N) is 1. The summed E-state index contributed by atoms with van der Waals surface area (Å²) in [6, 6.07) is 20.2. The van der Waals surface area contributed by atoms with Crippen LogP contribution in [-0.4, -0.2) is 71.7 Å². The lowest BCUT2D eigenvalue weighted by atomic mass is 9.97. The molecular weight excluding hydrogens is 743 g/mol. The van der Waals surface area contributed by atoms with Gasteiger partial charge >= 0.3 is 11.9 Å². The van der Waals surface area contributed by atoms with Crippen LogP contribution < -0.4 is 5.32 Å². The average Bonchev–Trinajstić information content (AvgIpc) is 3.25. The molecule has 0 aliphatic carbocycles. The van der Waals surface area contributed by atoms with Crippen molar-refractivity contribution < 1.29 is 38.8 Å². The van der Waals surface area contributed by atoms with Crippen molar-refractivity contribution in [1.29, 1.82) is 0 Å². The third kappa shape index (κ3) is 22.8. The summed E-state index contributed by atoms with van der Waals surface area (Å²) in [5.41, 5.74) is 2.73. The van der Waals surface area contributed by atoms with Gasteiger partial charge in [0, 0.05) is 12.8 Å².